The molecular formula is C11H11NO2. The number of aryl methyl sites for hydroxylation is 1. The molecule has 1 fully saturated rings. The highest BCUT2D eigenvalue weighted by molar-refractivity contribution is 6.02. The lowest BCUT2D eigenvalue weighted by atomic mass is 10.1. The van der Waals surface area contributed by atoms with Crippen molar-refractivity contribution in [1.82, 2.24) is 0 Å². The van der Waals surface area contributed by atoms with Gasteiger partial charge >= 0.3 is 0 Å². The summed E-state index contributed by atoms with van der Waals surface area (Å²) in [7, 11) is 0. The van der Waals surface area contributed by atoms with E-state index in [1.54, 1.807) is 0 Å². The van der Waals surface area contributed by atoms with Gasteiger partial charge in [0.05, 0.1) is 5.69 Å². The molecule has 1 spiro atoms. The zero-order valence-corrected chi connectivity index (χ0v) is 7.96. The molecule has 0 unspecified atom stereocenters. The lowest BCUT2D eigenvalue weighted by Crippen LogP contribution is -2.38. The molecule has 3 heteroatoms. The Morgan fingerprint density at radius 2 is 2.21 bits per heavy atom. The lowest BCUT2D eigenvalue weighted by Gasteiger charge is -2.25. The number of ether oxygens (including phenoxy) is 1. The van der Waals surface area contributed by atoms with E-state index in [4.69, 9.17) is 4.74 Å². The molecule has 0 atom stereocenters. The summed E-state index contributed by atoms with van der Waals surface area (Å²) in [5.41, 5.74) is 1.40. The number of anilines is 1. The molecule has 1 aliphatic heterocycles. The monoisotopic (exact) mass is 189 g/mol. The molecule has 1 aliphatic carbocycles. The number of hydrogen-bond acceptors (Lipinski definition) is 2. The van der Waals surface area contributed by atoms with Gasteiger partial charge in [0.25, 0.3) is 5.91 Å². The first-order chi connectivity index (χ1) is 6.70. The highest BCUT2D eigenvalue weighted by atomic mass is 16.5. The molecular weight excluding hydrogens is 178 g/mol. The molecule has 14 heavy (non-hydrogen) atoms. The van der Waals surface area contributed by atoms with E-state index in [0.29, 0.717) is 0 Å². The Labute approximate surface area is 82.1 Å². The molecule has 1 aromatic carbocycles. The maximum Gasteiger partial charge on any atom is 0.268 e. The van der Waals surface area contributed by atoms with Gasteiger partial charge in [-0.15, -0.1) is 0 Å². The van der Waals surface area contributed by atoms with Crippen LogP contribution in [0.2, 0.25) is 0 Å². The van der Waals surface area contributed by atoms with Crippen molar-refractivity contribution in [2.45, 2.75) is 25.4 Å². The van der Waals surface area contributed by atoms with Crippen molar-refractivity contribution in [3.8, 4) is 5.75 Å². The van der Waals surface area contributed by atoms with Crippen molar-refractivity contribution >= 4 is 11.6 Å². The average Bonchev–Trinajstić information content (AvgIpc) is 2.89. The predicted molar refractivity (Wildman–Crippen MR) is 52.4 cm³/mol. The third-order valence-electron chi connectivity index (χ3n) is 2.81. The fourth-order valence-corrected chi connectivity index (χ4v) is 1.77. The summed E-state index contributed by atoms with van der Waals surface area (Å²) in [6, 6.07) is 5.85. The van der Waals surface area contributed by atoms with Gasteiger partial charge in [0.15, 0.2) is 5.60 Å². The molecule has 1 amide bonds. The first kappa shape index (κ1) is 7.85. The second-order valence-electron chi connectivity index (χ2n) is 4.05. The van der Waals surface area contributed by atoms with E-state index < -0.39 is 5.60 Å². The van der Waals surface area contributed by atoms with Gasteiger partial charge < -0.3 is 10.1 Å². The number of carbonyl (C=O) groups excluding carboxylic acids is 1. The third kappa shape index (κ3) is 0.953. The van der Waals surface area contributed by atoms with Crippen LogP contribution in [0.1, 0.15) is 18.4 Å². The number of nitrogens with one attached hydrogen (secondary N) is 1. The van der Waals surface area contributed by atoms with Gasteiger partial charge in [-0.1, -0.05) is 6.07 Å². The van der Waals surface area contributed by atoms with Gasteiger partial charge in [-0.2, -0.15) is 0 Å². The normalized spacial score (nSPS) is 21.1. The van der Waals surface area contributed by atoms with Crippen LogP contribution in [0.5, 0.6) is 5.75 Å². The Morgan fingerprint density at radius 1 is 1.43 bits per heavy atom. The molecule has 2 aliphatic rings. The molecule has 1 heterocycles. The minimum atomic E-state index is -0.526. The Kier molecular flexibility index (Phi) is 1.29. The molecule has 0 saturated heterocycles. The van der Waals surface area contributed by atoms with Crippen LogP contribution in [0.4, 0.5) is 5.69 Å². The van der Waals surface area contributed by atoms with Crippen LogP contribution in [0.15, 0.2) is 18.2 Å². The molecule has 1 N–H and O–H groups in total. The van der Waals surface area contributed by atoms with E-state index in [2.05, 4.69) is 5.32 Å². The highest BCUT2D eigenvalue weighted by Gasteiger charge is 2.55. The van der Waals surface area contributed by atoms with Crippen LogP contribution in [0, 0.1) is 6.92 Å². The van der Waals surface area contributed by atoms with Gasteiger partial charge in [-0.3, -0.25) is 4.79 Å². The van der Waals surface area contributed by atoms with E-state index >= 15 is 0 Å². The SMILES string of the molecule is Cc1ccc2c(c1)NC(=O)C1(CC1)O2. The van der Waals surface area contributed by atoms with E-state index in [1.807, 2.05) is 25.1 Å². The molecule has 0 radical (unpaired) electrons. The van der Waals surface area contributed by atoms with Crippen LogP contribution in [0.25, 0.3) is 0 Å². The van der Waals surface area contributed by atoms with E-state index in [9.17, 15) is 4.79 Å². The highest BCUT2D eigenvalue weighted by Crippen LogP contribution is 2.46. The summed E-state index contributed by atoms with van der Waals surface area (Å²) in [5.74, 6) is 0.809. The number of fused-ring (bicyclic) bond motifs is 1. The summed E-state index contributed by atoms with van der Waals surface area (Å²) in [6.45, 7) is 1.99. The quantitative estimate of drug-likeness (QED) is 0.676. The van der Waals surface area contributed by atoms with Gasteiger partial charge in [0, 0.05) is 12.8 Å². The summed E-state index contributed by atoms with van der Waals surface area (Å²) < 4.78 is 5.69. The van der Waals surface area contributed by atoms with Gasteiger partial charge in [-0.05, 0) is 24.6 Å². The maximum atomic E-state index is 11.6. The van der Waals surface area contributed by atoms with Crippen molar-refractivity contribution in [2.24, 2.45) is 0 Å². The van der Waals surface area contributed by atoms with E-state index in [0.717, 1.165) is 29.8 Å². The Bertz CT molecular complexity index is 421. The summed E-state index contributed by atoms with van der Waals surface area (Å²) in [5, 5.41) is 2.89. The molecule has 1 aromatic rings. The fourth-order valence-electron chi connectivity index (χ4n) is 1.77. The zero-order valence-electron chi connectivity index (χ0n) is 7.96. The second kappa shape index (κ2) is 2.29. The number of hydrogen-bond donors (Lipinski definition) is 1. The van der Waals surface area contributed by atoms with Gasteiger partial charge in [-0.25, -0.2) is 0 Å². The summed E-state index contributed by atoms with van der Waals surface area (Å²) in [4.78, 5) is 11.6. The topological polar surface area (TPSA) is 38.3 Å². The largest absolute Gasteiger partial charge is 0.475 e. The smallest absolute Gasteiger partial charge is 0.268 e. The standard InChI is InChI=1S/C11H11NO2/c1-7-2-3-9-8(6-7)12-10(13)11(14-9)4-5-11/h2-3,6H,4-5H2,1H3,(H,12,13). The summed E-state index contributed by atoms with van der Waals surface area (Å²) in [6.07, 6.45) is 1.68. The van der Waals surface area contributed by atoms with E-state index in [1.165, 1.54) is 0 Å². The van der Waals surface area contributed by atoms with Crippen molar-refractivity contribution in [3.05, 3.63) is 23.8 Å². The van der Waals surface area contributed by atoms with Crippen LogP contribution in [-0.2, 0) is 4.79 Å². The van der Waals surface area contributed by atoms with Crippen LogP contribution in [0.3, 0.4) is 0 Å². The minimum absolute atomic E-state index is 0.00981. The molecule has 0 aromatic heterocycles. The molecule has 3 rings (SSSR count). The van der Waals surface area contributed by atoms with Crippen molar-refractivity contribution in [1.29, 1.82) is 0 Å². The van der Waals surface area contributed by atoms with Gasteiger partial charge in [0.2, 0.25) is 0 Å². The van der Waals surface area contributed by atoms with Crippen LogP contribution in [-0.4, -0.2) is 11.5 Å². The Balaban J connectivity index is 2.06. The second-order valence-corrected chi connectivity index (χ2v) is 4.05. The predicted octanol–water partition coefficient (Wildman–Crippen LogP) is 1.86. The molecule has 72 valence electrons. The third-order valence-corrected chi connectivity index (χ3v) is 2.81. The number of rotatable bonds is 0. The van der Waals surface area contributed by atoms with Crippen LogP contribution >= 0.6 is 0 Å². The Hall–Kier alpha value is -1.51. The Morgan fingerprint density at radius 3 is 2.93 bits per heavy atom. The minimum Gasteiger partial charge on any atom is -0.475 e. The van der Waals surface area contributed by atoms with E-state index in [-0.39, 0.29) is 5.91 Å². The average molecular weight is 189 g/mol. The first-order valence-electron chi connectivity index (χ1n) is 4.81. The lowest BCUT2D eigenvalue weighted by molar-refractivity contribution is -0.125. The summed E-state index contributed by atoms with van der Waals surface area (Å²) >= 11 is 0. The maximum absolute atomic E-state index is 11.6. The molecule has 0 bridgehead atoms. The van der Waals surface area contributed by atoms with Crippen molar-refractivity contribution in [3.63, 3.8) is 0 Å². The van der Waals surface area contributed by atoms with Gasteiger partial charge in [0.1, 0.15) is 5.75 Å². The molecule has 1 saturated carbocycles. The number of benzene rings is 1. The first-order valence-corrected chi connectivity index (χ1v) is 4.81. The number of carbonyl (C=O) groups is 1. The number of amides is 1. The van der Waals surface area contributed by atoms with Crippen LogP contribution < -0.4 is 10.1 Å². The molecule has 3 nitrogen and oxygen atoms in total. The zero-order chi connectivity index (χ0) is 9.76. The van der Waals surface area contributed by atoms with Crippen molar-refractivity contribution < 1.29 is 9.53 Å². The fraction of sp³-hybridized carbons (Fsp3) is 0.364. The van der Waals surface area contributed by atoms with Crippen molar-refractivity contribution in [2.75, 3.05) is 5.32 Å².